The van der Waals surface area contributed by atoms with Crippen LogP contribution < -0.4 is 0 Å². The molecule has 0 atom stereocenters. The predicted octanol–water partition coefficient (Wildman–Crippen LogP) is 4.47. The van der Waals surface area contributed by atoms with E-state index in [0.29, 0.717) is 10.8 Å². The van der Waals surface area contributed by atoms with E-state index in [0.717, 1.165) is 5.92 Å². The van der Waals surface area contributed by atoms with Gasteiger partial charge in [-0.25, -0.2) is 0 Å². The van der Waals surface area contributed by atoms with E-state index in [2.05, 4.69) is 18.7 Å². The fourth-order valence-corrected chi connectivity index (χ4v) is 5.27. The Morgan fingerprint density at radius 3 is 2.06 bits per heavy atom. The number of hydrogen-bond donors (Lipinski definition) is 0. The summed E-state index contributed by atoms with van der Waals surface area (Å²) in [4.78, 5) is 2.77. The van der Waals surface area contributed by atoms with Crippen LogP contribution in [0.3, 0.4) is 0 Å². The van der Waals surface area contributed by atoms with E-state index in [4.69, 9.17) is 0 Å². The SMILES string of the molecule is CC1(C)C2CCC1(CCN1CCCCCC1)CC2. The average Bonchev–Trinajstić information content (AvgIpc) is 2.64. The van der Waals surface area contributed by atoms with Crippen LogP contribution in [-0.4, -0.2) is 24.5 Å². The van der Waals surface area contributed by atoms with Gasteiger partial charge in [0.05, 0.1) is 0 Å². The normalized spacial score (nSPS) is 40.0. The molecule has 18 heavy (non-hydrogen) atoms. The van der Waals surface area contributed by atoms with E-state index in [1.54, 1.807) is 0 Å². The molecule has 1 heteroatoms. The summed E-state index contributed by atoms with van der Waals surface area (Å²) in [5.74, 6) is 1.04. The number of likely N-dealkylation sites (tertiary alicyclic amines) is 1. The van der Waals surface area contributed by atoms with Crippen LogP contribution in [0.2, 0.25) is 0 Å². The van der Waals surface area contributed by atoms with Gasteiger partial charge in [0.1, 0.15) is 0 Å². The van der Waals surface area contributed by atoms with E-state index in [1.807, 2.05) is 0 Å². The molecule has 104 valence electrons. The maximum atomic E-state index is 2.77. The summed E-state index contributed by atoms with van der Waals surface area (Å²) in [6.45, 7) is 9.27. The molecule has 1 nitrogen and oxygen atoms in total. The minimum Gasteiger partial charge on any atom is -0.303 e. The first-order valence-corrected chi connectivity index (χ1v) is 8.36. The summed E-state index contributed by atoms with van der Waals surface area (Å²) in [5, 5.41) is 0. The van der Waals surface area contributed by atoms with Gasteiger partial charge in [-0.2, -0.15) is 0 Å². The second kappa shape index (κ2) is 4.81. The molecule has 1 saturated heterocycles. The fraction of sp³-hybridized carbons (Fsp3) is 1.00. The Morgan fingerprint density at radius 2 is 1.56 bits per heavy atom. The molecule has 3 rings (SSSR count). The number of hydrogen-bond acceptors (Lipinski definition) is 1. The third-order valence-corrected chi connectivity index (χ3v) is 6.94. The van der Waals surface area contributed by atoms with Gasteiger partial charge in [0, 0.05) is 0 Å². The lowest BCUT2D eigenvalue weighted by Gasteiger charge is -2.39. The molecule has 3 aliphatic rings. The molecule has 1 aliphatic heterocycles. The first-order valence-electron chi connectivity index (χ1n) is 8.36. The first-order chi connectivity index (χ1) is 8.64. The van der Waals surface area contributed by atoms with Gasteiger partial charge in [0.2, 0.25) is 0 Å². The molecule has 0 amide bonds. The minimum atomic E-state index is 0.638. The van der Waals surface area contributed by atoms with Crippen molar-refractivity contribution in [3.63, 3.8) is 0 Å². The topological polar surface area (TPSA) is 3.24 Å². The Labute approximate surface area is 113 Å². The quantitative estimate of drug-likeness (QED) is 0.713. The molecule has 0 N–H and O–H groups in total. The Kier molecular flexibility index (Phi) is 3.47. The van der Waals surface area contributed by atoms with Gasteiger partial charge < -0.3 is 4.90 Å². The smallest absolute Gasteiger partial charge is 0.00132 e. The number of fused-ring (bicyclic) bond motifs is 2. The molecule has 1 heterocycles. The summed E-state index contributed by atoms with van der Waals surface area (Å²) in [5.41, 5.74) is 1.35. The van der Waals surface area contributed by atoms with Gasteiger partial charge in [0.15, 0.2) is 0 Å². The molecule has 0 aromatic rings. The molecule has 3 fully saturated rings. The zero-order valence-electron chi connectivity index (χ0n) is 12.5. The van der Waals surface area contributed by atoms with E-state index in [9.17, 15) is 0 Å². The standard InChI is InChI=1S/C17H31N/c1-16(2)15-7-9-17(16,10-8-15)11-14-18-12-5-3-4-6-13-18/h15H,3-14H2,1-2H3. The molecule has 2 aliphatic carbocycles. The summed E-state index contributed by atoms with van der Waals surface area (Å²) >= 11 is 0. The summed E-state index contributed by atoms with van der Waals surface area (Å²) in [7, 11) is 0. The van der Waals surface area contributed by atoms with Crippen molar-refractivity contribution in [2.75, 3.05) is 19.6 Å². The van der Waals surface area contributed by atoms with Gasteiger partial charge in [-0.15, -0.1) is 0 Å². The lowest BCUT2D eigenvalue weighted by Crippen LogP contribution is -2.35. The minimum absolute atomic E-state index is 0.638. The average molecular weight is 249 g/mol. The molecule has 0 spiro atoms. The van der Waals surface area contributed by atoms with Crippen molar-refractivity contribution < 1.29 is 0 Å². The van der Waals surface area contributed by atoms with E-state index < -0.39 is 0 Å². The van der Waals surface area contributed by atoms with Crippen LogP contribution in [0.4, 0.5) is 0 Å². The summed E-state index contributed by atoms with van der Waals surface area (Å²) in [6.07, 6.45) is 13.4. The third-order valence-electron chi connectivity index (χ3n) is 6.94. The van der Waals surface area contributed by atoms with Gasteiger partial charge >= 0.3 is 0 Å². The van der Waals surface area contributed by atoms with E-state index in [-0.39, 0.29) is 0 Å². The van der Waals surface area contributed by atoms with Crippen LogP contribution in [0.5, 0.6) is 0 Å². The Bertz CT molecular complexity index is 278. The lowest BCUT2D eigenvalue weighted by molar-refractivity contribution is 0.0959. The number of nitrogens with zero attached hydrogens (tertiary/aromatic N) is 1. The van der Waals surface area contributed by atoms with Crippen molar-refractivity contribution in [3.8, 4) is 0 Å². The molecule has 0 unspecified atom stereocenters. The second-order valence-electron chi connectivity index (χ2n) is 7.78. The van der Waals surface area contributed by atoms with Gasteiger partial charge in [-0.3, -0.25) is 0 Å². The molecular formula is C17H31N. The Morgan fingerprint density at radius 1 is 0.944 bits per heavy atom. The molecule has 2 bridgehead atoms. The highest BCUT2D eigenvalue weighted by molar-refractivity contribution is 5.08. The zero-order chi connectivity index (χ0) is 12.6. The van der Waals surface area contributed by atoms with E-state index >= 15 is 0 Å². The van der Waals surface area contributed by atoms with Crippen LogP contribution in [0.1, 0.15) is 71.6 Å². The van der Waals surface area contributed by atoms with Crippen molar-refractivity contribution in [1.29, 1.82) is 0 Å². The van der Waals surface area contributed by atoms with Crippen molar-refractivity contribution in [3.05, 3.63) is 0 Å². The molecule has 0 aromatic heterocycles. The molecule has 0 radical (unpaired) electrons. The highest BCUT2D eigenvalue weighted by atomic mass is 15.1. The summed E-state index contributed by atoms with van der Waals surface area (Å²) < 4.78 is 0. The maximum absolute atomic E-state index is 2.77. The van der Waals surface area contributed by atoms with Crippen LogP contribution in [0.25, 0.3) is 0 Å². The van der Waals surface area contributed by atoms with E-state index in [1.165, 1.54) is 77.4 Å². The fourth-order valence-electron chi connectivity index (χ4n) is 5.27. The highest BCUT2D eigenvalue weighted by Gasteiger charge is 2.58. The Hall–Kier alpha value is -0.0400. The van der Waals surface area contributed by atoms with Crippen LogP contribution in [-0.2, 0) is 0 Å². The summed E-state index contributed by atoms with van der Waals surface area (Å²) in [6, 6.07) is 0. The molecule has 0 aromatic carbocycles. The van der Waals surface area contributed by atoms with Crippen molar-refractivity contribution in [1.82, 2.24) is 4.90 Å². The Balaban J connectivity index is 1.59. The molecular weight excluding hydrogens is 218 g/mol. The maximum Gasteiger partial charge on any atom is -0.00132 e. The predicted molar refractivity (Wildman–Crippen MR) is 77.7 cm³/mol. The van der Waals surface area contributed by atoms with Gasteiger partial charge in [0.25, 0.3) is 0 Å². The number of rotatable bonds is 3. The first kappa shape index (κ1) is 13.0. The zero-order valence-corrected chi connectivity index (χ0v) is 12.5. The molecule has 2 saturated carbocycles. The van der Waals surface area contributed by atoms with Crippen LogP contribution in [0, 0.1) is 16.7 Å². The lowest BCUT2D eigenvalue weighted by atomic mass is 9.67. The largest absolute Gasteiger partial charge is 0.303 e. The van der Waals surface area contributed by atoms with Crippen LogP contribution >= 0.6 is 0 Å². The van der Waals surface area contributed by atoms with Crippen LogP contribution in [0.15, 0.2) is 0 Å². The monoisotopic (exact) mass is 249 g/mol. The van der Waals surface area contributed by atoms with Gasteiger partial charge in [-0.05, 0) is 81.3 Å². The second-order valence-corrected chi connectivity index (χ2v) is 7.78. The van der Waals surface area contributed by atoms with Crippen molar-refractivity contribution in [2.45, 2.75) is 71.6 Å². The van der Waals surface area contributed by atoms with Crippen molar-refractivity contribution in [2.24, 2.45) is 16.7 Å². The van der Waals surface area contributed by atoms with Crippen molar-refractivity contribution >= 4 is 0 Å². The third kappa shape index (κ3) is 2.03. The highest BCUT2D eigenvalue weighted by Crippen LogP contribution is 2.67. The van der Waals surface area contributed by atoms with Gasteiger partial charge in [-0.1, -0.05) is 26.7 Å².